The third kappa shape index (κ3) is 2.70. The molecule has 1 unspecified atom stereocenters. The summed E-state index contributed by atoms with van der Waals surface area (Å²) in [5.41, 5.74) is 1.46. The summed E-state index contributed by atoms with van der Waals surface area (Å²) < 4.78 is 5.43. The first-order chi connectivity index (χ1) is 10.8. The minimum atomic E-state index is 0.0814. The summed E-state index contributed by atoms with van der Waals surface area (Å²) in [5.74, 6) is 0.575. The Kier molecular flexibility index (Phi) is 3.53. The SMILES string of the molecule is O=C(NC(c1cccnc1)C1CC1)N1CC2(CCOCC2)C1. The summed E-state index contributed by atoms with van der Waals surface area (Å²) >= 11 is 0. The van der Waals surface area contributed by atoms with Crippen LogP contribution in [0.1, 0.15) is 37.3 Å². The predicted octanol–water partition coefficient (Wildman–Crippen LogP) is 2.35. The van der Waals surface area contributed by atoms with Gasteiger partial charge in [-0.05, 0) is 43.2 Å². The highest BCUT2D eigenvalue weighted by Gasteiger charge is 2.46. The smallest absolute Gasteiger partial charge is 0.317 e. The Balaban J connectivity index is 1.37. The van der Waals surface area contributed by atoms with E-state index in [1.54, 1.807) is 6.20 Å². The van der Waals surface area contributed by atoms with E-state index in [0.717, 1.165) is 44.7 Å². The monoisotopic (exact) mass is 301 g/mol. The summed E-state index contributed by atoms with van der Waals surface area (Å²) in [4.78, 5) is 18.7. The summed E-state index contributed by atoms with van der Waals surface area (Å²) in [6.45, 7) is 3.45. The molecule has 0 bridgehead atoms. The molecule has 5 heteroatoms. The van der Waals surface area contributed by atoms with Crippen molar-refractivity contribution in [1.29, 1.82) is 0 Å². The van der Waals surface area contributed by atoms with Gasteiger partial charge in [0.2, 0.25) is 0 Å². The molecule has 2 saturated heterocycles. The number of urea groups is 1. The molecule has 1 saturated carbocycles. The van der Waals surface area contributed by atoms with Crippen molar-refractivity contribution in [1.82, 2.24) is 15.2 Å². The standard InChI is InChI=1S/C17H23N3O2/c21-16(20-11-17(12-20)5-8-22-9-6-17)19-15(13-3-4-13)14-2-1-7-18-10-14/h1-2,7,10,13,15H,3-6,8-9,11-12H2,(H,19,21). The number of likely N-dealkylation sites (tertiary alicyclic amines) is 1. The van der Waals surface area contributed by atoms with Crippen LogP contribution in [0.15, 0.2) is 24.5 Å². The fraction of sp³-hybridized carbons (Fsp3) is 0.647. The van der Waals surface area contributed by atoms with Gasteiger partial charge in [-0.25, -0.2) is 4.79 Å². The van der Waals surface area contributed by atoms with Gasteiger partial charge in [0.25, 0.3) is 0 Å². The van der Waals surface area contributed by atoms with Gasteiger partial charge >= 0.3 is 6.03 Å². The summed E-state index contributed by atoms with van der Waals surface area (Å²) in [6, 6.07) is 4.20. The number of hydrogen-bond acceptors (Lipinski definition) is 3. The fourth-order valence-corrected chi connectivity index (χ4v) is 3.71. The molecule has 1 spiro atoms. The normalized spacial score (nSPS) is 24.6. The van der Waals surface area contributed by atoms with Crippen molar-refractivity contribution in [2.45, 2.75) is 31.7 Å². The van der Waals surface area contributed by atoms with Gasteiger partial charge in [-0.3, -0.25) is 4.98 Å². The van der Waals surface area contributed by atoms with Crippen LogP contribution in [0.25, 0.3) is 0 Å². The molecule has 1 aromatic rings. The van der Waals surface area contributed by atoms with E-state index in [4.69, 9.17) is 4.74 Å². The first-order valence-corrected chi connectivity index (χ1v) is 8.29. The molecule has 3 aliphatic rings. The van der Waals surface area contributed by atoms with Crippen LogP contribution in [0.3, 0.4) is 0 Å². The van der Waals surface area contributed by atoms with E-state index in [1.165, 1.54) is 12.8 Å². The van der Waals surface area contributed by atoms with Crippen LogP contribution in [0.2, 0.25) is 0 Å². The number of carbonyl (C=O) groups excluding carboxylic acids is 1. The van der Waals surface area contributed by atoms with Gasteiger partial charge in [0.15, 0.2) is 0 Å². The van der Waals surface area contributed by atoms with Crippen molar-refractivity contribution < 1.29 is 9.53 Å². The highest BCUT2D eigenvalue weighted by molar-refractivity contribution is 5.76. The van der Waals surface area contributed by atoms with Gasteiger partial charge in [0, 0.05) is 44.1 Å². The van der Waals surface area contributed by atoms with Crippen LogP contribution in [0, 0.1) is 11.3 Å². The van der Waals surface area contributed by atoms with Crippen molar-refractivity contribution in [3.05, 3.63) is 30.1 Å². The van der Waals surface area contributed by atoms with Gasteiger partial charge in [0.05, 0.1) is 6.04 Å². The largest absolute Gasteiger partial charge is 0.381 e. The fourth-order valence-electron chi connectivity index (χ4n) is 3.71. The minimum absolute atomic E-state index is 0.0814. The number of carbonyl (C=O) groups is 1. The topological polar surface area (TPSA) is 54.5 Å². The summed E-state index contributed by atoms with van der Waals surface area (Å²) in [7, 11) is 0. The molecule has 2 amide bonds. The molecule has 1 atom stereocenters. The maximum atomic E-state index is 12.5. The first-order valence-electron chi connectivity index (χ1n) is 8.29. The van der Waals surface area contributed by atoms with Crippen molar-refractivity contribution in [2.75, 3.05) is 26.3 Å². The molecule has 22 heavy (non-hydrogen) atoms. The Morgan fingerprint density at radius 3 is 2.77 bits per heavy atom. The molecular weight excluding hydrogens is 278 g/mol. The number of nitrogens with one attached hydrogen (secondary N) is 1. The van der Waals surface area contributed by atoms with E-state index < -0.39 is 0 Å². The average Bonchev–Trinajstić information content (AvgIpc) is 3.36. The lowest BCUT2D eigenvalue weighted by atomic mass is 9.73. The molecule has 3 heterocycles. The van der Waals surface area contributed by atoms with Gasteiger partial charge in [-0.15, -0.1) is 0 Å². The summed E-state index contributed by atoms with van der Waals surface area (Å²) in [5, 5.41) is 3.23. The molecule has 5 nitrogen and oxygen atoms in total. The number of amides is 2. The third-order valence-electron chi connectivity index (χ3n) is 5.31. The highest BCUT2D eigenvalue weighted by Crippen LogP contribution is 2.42. The number of aromatic nitrogens is 1. The van der Waals surface area contributed by atoms with Crippen LogP contribution < -0.4 is 5.32 Å². The zero-order valence-corrected chi connectivity index (χ0v) is 12.8. The van der Waals surface area contributed by atoms with E-state index in [-0.39, 0.29) is 12.1 Å². The highest BCUT2D eigenvalue weighted by atomic mass is 16.5. The lowest BCUT2D eigenvalue weighted by molar-refractivity contribution is -0.0620. The molecule has 3 fully saturated rings. The van der Waals surface area contributed by atoms with E-state index >= 15 is 0 Å². The number of hydrogen-bond donors (Lipinski definition) is 1. The Labute approximate surface area is 131 Å². The van der Waals surface area contributed by atoms with Crippen LogP contribution in [0.4, 0.5) is 4.79 Å². The minimum Gasteiger partial charge on any atom is -0.381 e. The van der Waals surface area contributed by atoms with E-state index in [9.17, 15) is 4.79 Å². The van der Waals surface area contributed by atoms with E-state index in [2.05, 4.69) is 16.4 Å². The van der Waals surface area contributed by atoms with E-state index in [1.807, 2.05) is 17.2 Å². The lowest BCUT2D eigenvalue weighted by Gasteiger charge is -2.52. The van der Waals surface area contributed by atoms with Crippen LogP contribution in [-0.2, 0) is 4.74 Å². The molecule has 1 aliphatic carbocycles. The second kappa shape index (κ2) is 5.54. The van der Waals surface area contributed by atoms with Gasteiger partial charge in [0.1, 0.15) is 0 Å². The molecule has 4 rings (SSSR count). The Morgan fingerprint density at radius 2 is 2.14 bits per heavy atom. The van der Waals surface area contributed by atoms with Crippen LogP contribution in [-0.4, -0.2) is 42.2 Å². The Morgan fingerprint density at radius 1 is 1.36 bits per heavy atom. The van der Waals surface area contributed by atoms with Crippen molar-refractivity contribution >= 4 is 6.03 Å². The number of pyridine rings is 1. The molecule has 0 radical (unpaired) electrons. The molecular formula is C17H23N3O2. The van der Waals surface area contributed by atoms with Crippen molar-refractivity contribution in [3.8, 4) is 0 Å². The van der Waals surface area contributed by atoms with Gasteiger partial charge in [-0.2, -0.15) is 0 Å². The van der Waals surface area contributed by atoms with Gasteiger partial charge < -0.3 is 15.0 Å². The average molecular weight is 301 g/mol. The summed E-state index contributed by atoms with van der Waals surface area (Å²) in [6.07, 6.45) is 8.22. The van der Waals surface area contributed by atoms with Crippen molar-refractivity contribution in [3.63, 3.8) is 0 Å². The molecule has 1 N–H and O–H groups in total. The third-order valence-corrected chi connectivity index (χ3v) is 5.31. The quantitative estimate of drug-likeness (QED) is 0.932. The number of rotatable bonds is 3. The second-order valence-corrected chi connectivity index (χ2v) is 7.02. The molecule has 0 aromatic carbocycles. The predicted molar refractivity (Wildman–Crippen MR) is 82.3 cm³/mol. The van der Waals surface area contributed by atoms with Crippen LogP contribution >= 0.6 is 0 Å². The molecule has 2 aliphatic heterocycles. The molecule has 118 valence electrons. The van der Waals surface area contributed by atoms with E-state index in [0.29, 0.717) is 11.3 Å². The van der Waals surface area contributed by atoms with Crippen molar-refractivity contribution in [2.24, 2.45) is 11.3 Å². The Bertz CT molecular complexity index is 530. The molecule has 1 aromatic heterocycles. The first kappa shape index (κ1) is 14.0. The zero-order valence-electron chi connectivity index (χ0n) is 12.8. The lowest BCUT2D eigenvalue weighted by Crippen LogP contribution is -2.62. The van der Waals surface area contributed by atoms with Crippen LogP contribution in [0.5, 0.6) is 0 Å². The number of nitrogens with zero attached hydrogens (tertiary/aromatic N) is 2. The Hall–Kier alpha value is -1.62. The second-order valence-electron chi connectivity index (χ2n) is 7.02. The van der Waals surface area contributed by atoms with Gasteiger partial charge in [-0.1, -0.05) is 6.07 Å². The number of ether oxygens (including phenoxy) is 1. The zero-order chi connectivity index (χ0) is 15.0. The maximum absolute atomic E-state index is 12.5. The maximum Gasteiger partial charge on any atom is 0.317 e.